The Hall–Kier alpha value is -1.84. The van der Waals surface area contributed by atoms with E-state index >= 15 is 0 Å². The maximum absolute atomic E-state index is 11.8. The summed E-state index contributed by atoms with van der Waals surface area (Å²) >= 11 is 0. The number of anilines is 1. The number of nitrogens with one attached hydrogen (secondary N) is 2. The summed E-state index contributed by atoms with van der Waals surface area (Å²) in [6.45, 7) is 8.55. The van der Waals surface area contributed by atoms with Gasteiger partial charge in [-0.2, -0.15) is 0 Å². The highest BCUT2D eigenvalue weighted by Crippen LogP contribution is 2.23. The number of hydrogen-bond donors (Lipinski definition) is 2. The van der Waals surface area contributed by atoms with E-state index in [4.69, 9.17) is 0 Å². The van der Waals surface area contributed by atoms with Gasteiger partial charge in [0, 0.05) is 12.2 Å². The average Bonchev–Trinajstić information content (AvgIpc) is 2.36. The van der Waals surface area contributed by atoms with Crippen LogP contribution >= 0.6 is 0 Å². The minimum absolute atomic E-state index is 0.287. The largest absolute Gasteiger partial charge is 0.348 e. The van der Waals surface area contributed by atoms with Crippen molar-refractivity contribution in [2.75, 3.05) is 11.9 Å². The smallest absolute Gasteiger partial charge is 0.313 e. The Bertz CT molecular complexity index is 453. The van der Waals surface area contributed by atoms with Crippen LogP contribution in [0.25, 0.3) is 0 Å². The molecule has 2 amide bonds. The van der Waals surface area contributed by atoms with E-state index in [0.717, 1.165) is 5.56 Å². The van der Waals surface area contributed by atoms with E-state index in [1.165, 1.54) is 0 Å². The van der Waals surface area contributed by atoms with Gasteiger partial charge in [0.2, 0.25) is 0 Å². The van der Waals surface area contributed by atoms with Crippen molar-refractivity contribution in [3.63, 3.8) is 0 Å². The summed E-state index contributed by atoms with van der Waals surface area (Å²) in [6, 6.07) is 7.52. The molecule has 0 heterocycles. The molecule has 19 heavy (non-hydrogen) atoms. The highest BCUT2D eigenvalue weighted by molar-refractivity contribution is 6.39. The molecule has 2 N–H and O–H groups in total. The fourth-order valence-corrected chi connectivity index (χ4v) is 1.67. The highest BCUT2D eigenvalue weighted by atomic mass is 16.2. The van der Waals surface area contributed by atoms with Crippen LogP contribution in [-0.2, 0) is 9.59 Å². The number of carbonyl (C=O) groups is 2. The molecule has 0 radical (unpaired) electrons. The number of rotatable bonds is 4. The Balaban J connectivity index is 2.69. The monoisotopic (exact) mass is 262 g/mol. The van der Waals surface area contributed by atoms with Gasteiger partial charge in [0.05, 0.1) is 0 Å². The maximum Gasteiger partial charge on any atom is 0.313 e. The third-order valence-corrected chi connectivity index (χ3v) is 2.71. The van der Waals surface area contributed by atoms with E-state index in [9.17, 15) is 9.59 Å². The number of benzene rings is 1. The maximum atomic E-state index is 11.8. The molecule has 1 aromatic carbocycles. The van der Waals surface area contributed by atoms with Crippen molar-refractivity contribution in [3.05, 3.63) is 29.8 Å². The second-order valence-electron chi connectivity index (χ2n) is 5.30. The molecule has 0 atom stereocenters. The molecule has 4 heteroatoms. The second-order valence-corrected chi connectivity index (χ2v) is 5.30. The number of carbonyl (C=O) groups excluding carboxylic acids is 2. The number of hydrogen-bond acceptors (Lipinski definition) is 2. The first-order valence-corrected chi connectivity index (χ1v) is 6.60. The summed E-state index contributed by atoms with van der Waals surface area (Å²) in [6.07, 6.45) is 0. The van der Waals surface area contributed by atoms with Gasteiger partial charge in [-0.1, -0.05) is 45.9 Å². The van der Waals surface area contributed by atoms with Crippen molar-refractivity contribution in [2.45, 2.75) is 33.6 Å². The lowest BCUT2D eigenvalue weighted by molar-refractivity contribution is -0.136. The van der Waals surface area contributed by atoms with Crippen molar-refractivity contribution < 1.29 is 9.59 Å². The highest BCUT2D eigenvalue weighted by Gasteiger charge is 2.15. The van der Waals surface area contributed by atoms with Gasteiger partial charge in [-0.15, -0.1) is 0 Å². The van der Waals surface area contributed by atoms with Crippen molar-refractivity contribution in [3.8, 4) is 0 Å². The zero-order valence-electron chi connectivity index (χ0n) is 12.0. The SMILES string of the molecule is CC(C)CNC(=O)C(=O)Nc1ccccc1C(C)C. The molecule has 1 rings (SSSR count). The first-order valence-electron chi connectivity index (χ1n) is 6.60. The molecule has 1 aromatic rings. The van der Waals surface area contributed by atoms with Crippen LogP contribution < -0.4 is 10.6 Å². The Morgan fingerprint density at radius 1 is 1.05 bits per heavy atom. The van der Waals surface area contributed by atoms with Crippen LogP contribution in [-0.4, -0.2) is 18.4 Å². The van der Waals surface area contributed by atoms with Crippen molar-refractivity contribution >= 4 is 17.5 Å². The number of amides is 2. The van der Waals surface area contributed by atoms with Gasteiger partial charge < -0.3 is 10.6 Å². The molecule has 0 saturated heterocycles. The quantitative estimate of drug-likeness (QED) is 0.819. The lowest BCUT2D eigenvalue weighted by Crippen LogP contribution is -2.37. The fraction of sp³-hybridized carbons (Fsp3) is 0.467. The third-order valence-electron chi connectivity index (χ3n) is 2.71. The molecule has 0 aliphatic heterocycles. The molecular weight excluding hydrogens is 240 g/mol. The molecule has 0 bridgehead atoms. The Labute approximate surface area is 114 Å². The summed E-state index contributed by atoms with van der Waals surface area (Å²) in [4.78, 5) is 23.4. The first-order chi connectivity index (χ1) is 8.91. The van der Waals surface area contributed by atoms with E-state index in [1.54, 1.807) is 0 Å². The van der Waals surface area contributed by atoms with E-state index in [-0.39, 0.29) is 5.92 Å². The minimum atomic E-state index is -0.617. The van der Waals surface area contributed by atoms with E-state index in [2.05, 4.69) is 10.6 Å². The molecule has 4 nitrogen and oxygen atoms in total. The van der Waals surface area contributed by atoms with E-state index < -0.39 is 11.8 Å². The zero-order valence-corrected chi connectivity index (χ0v) is 12.0. The molecule has 0 saturated carbocycles. The molecule has 0 aliphatic rings. The summed E-state index contributed by atoms with van der Waals surface area (Å²) < 4.78 is 0. The molecule has 0 unspecified atom stereocenters. The standard InChI is InChI=1S/C15H22N2O2/c1-10(2)9-16-14(18)15(19)17-13-8-6-5-7-12(13)11(3)4/h5-8,10-11H,9H2,1-4H3,(H,16,18)(H,17,19). The summed E-state index contributed by atoms with van der Waals surface area (Å²) in [5, 5.41) is 5.26. The molecule has 0 fully saturated rings. The molecule has 0 aliphatic carbocycles. The summed E-state index contributed by atoms with van der Waals surface area (Å²) in [5.74, 6) is -0.601. The van der Waals surface area contributed by atoms with Crippen LogP contribution in [0, 0.1) is 5.92 Å². The van der Waals surface area contributed by atoms with Gasteiger partial charge in [-0.25, -0.2) is 0 Å². The third kappa shape index (κ3) is 4.73. The molecule has 104 valence electrons. The van der Waals surface area contributed by atoms with Crippen LogP contribution in [0.15, 0.2) is 24.3 Å². The topological polar surface area (TPSA) is 58.2 Å². The predicted octanol–water partition coefficient (Wildman–Crippen LogP) is 2.52. The van der Waals surface area contributed by atoms with Crippen molar-refractivity contribution in [2.24, 2.45) is 5.92 Å². The molecule has 0 spiro atoms. The van der Waals surface area contributed by atoms with Gasteiger partial charge >= 0.3 is 11.8 Å². The van der Waals surface area contributed by atoms with E-state index in [0.29, 0.717) is 18.2 Å². The van der Waals surface area contributed by atoms with Gasteiger partial charge in [-0.05, 0) is 23.5 Å². The van der Waals surface area contributed by atoms with Crippen LogP contribution in [0.2, 0.25) is 0 Å². The normalized spacial score (nSPS) is 10.6. The predicted molar refractivity (Wildman–Crippen MR) is 77.0 cm³/mol. The van der Waals surface area contributed by atoms with Crippen LogP contribution in [0.4, 0.5) is 5.69 Å². The fourth-order valence-electron chi connectivity index (χ4n) is 1.67. The Morgan fingerprint density at radius 3 is 2.26 bits per heavy atom. The minimum Gasteiger partial charge on any atom is -0.348 e. The van der Waals surface area contributed by atoms with Crippen LogP contribution in [0.1, 0.15) is 39.2 Å². The summed E-state index contributed by atoms with van der Waals surface area (Å²) in [7, 11) is 0. The number of para-hydroxylation sites is 1. The lowest BCUT2D eigenvalue weighted by Gasteiger charge is -2.13. The average molecular weight is 262 g/mol. The van der Waals surface area contributed by atoms with Crippen molar-refractivity contribution in [1.29, 1.82) is 0 Å². The van der Waals surface area contributed by atoms with Crippen LogP contribution in [0.5, 0.6) is 0 Å². The molecule has 0 aromatic heterocycles. The van der Waals surface area contributed by atoms with Crippen molar-refractivity contribution in [1.82, 2.24) is 5.32 Å². The second kappa shape index (κ2) is 6.92. The molecular formula is C15H22N2O2. The zero-order chi connectivity index (χ0) is 14.4. The van der Waals surface area contributed by atoms with Crippen LogP contribution in [0.3, 0.4) is 0 Å². The lowest BCUT2D eigenvalue weighted by atomic mass is 10.0. The summed E-state index contributed by atoms with van der Waals surface area (Å²) in [5.41, 5.74) is 1.72. The Morgan fingerprint density at radius 2 is 1.68 bits per heavy atom. The van der Waals surface area contributed by atoms with Gasteiger partial charge in [0.15, 0.2) is 0 Å². The van der Waals surface area contributed by atoms with E-state index in [1.807, 2.05) is 52.0 Å². The van der Waals surface area contributed by atoms with Gasteiger partial charge in [-0.3, -0.25) is 9.59 Å². The van der Waals surface area contributed by atoms with Gasteiger partial charge in [0.25, 0.3) is 0 Å². The van der Waals surface area contributed by atoms with Gasteiger partial charge in [0.1, 0.15) is 0 Å². The Kier molecular flexibility index (Phi) is 5.55. The first kappa shape index (κ1) is 15.2.